The molecule has 21 heavy (non-hydrogen) atoms. The number of nitrogens with zero attached hydrogens (tertiary/aromatic N) is 2. The summed E-state index contributed by atoms with van der Waals surface area (Å²) in [5, 5.41) is 7.87. The number of amides is 1. The summed E-state index contributed by atoms with van der Waals surface area (Å²) in [5.74, 6) is -0.353. The highest BCUT2D eigenvalue weighted by Crippen LogP contribution is 2.30. The Balaban J connectivity index is 2.05. The Labute approximate surface area is 122 Å². The van der Waals surface area contributed by atoms with Crippen molar-refractivity contribution >= 4 is 16.8 Å². The van der Waals surface area contributed by atoms with Crippen LogP contribution in [0.2, 0.25) is 0 Å². The summed E-state index contributed by atoms with van der Waals surface area (Å²) in [6.45, 7) is 1.86. The van der Waals surface area contributed by atoms with Crippen molar-refractivity contribution in [1.82, 2.24) is 15.2 Å². The number of rotatable bonds is 4. The van der Waals surface area contributed by atoms with Crippen molar-refractivity contribution in [3.05, 3.63) is 60.0 Å². The summed E-state index contributed by atoms with van der Waals surface area (Å²) >= 11 is 0. The monoisotopic (exact) mass is 280 g/mol. The summed E-state index contributed by atoms with van der Waals surface area (Å²) in [6, 6.07) is 9.60. The second kappa shape index (κ2) is 5.01. The molecule has 0 aliphatic heterocycles. The summed E-state index contributed by atoms with van der Waals surface area (Å²) in [5.41, 5.74) is 7.70. The van der Waals surface area contributed by atoms with Crippen molar-refractivity contribution in [2.24, 2.45) is 5.73 Å². The first-order chi connectivity index (χ1) is 10.1. The molecule has 0 fully saturated rings. The highest BCUT2D eigenvalue weighted by molar-refractivity contribution is 5.89. The number of carbonyl (C=O) groups is 1. The van der Waals surface area contributed by atoms with E-state index in [1.165, 1.54) is 0 Å². The van der Waals surface area contributed by atoms with Crippen molar-refractivity contribution in [1.29, 1.82) is 0 Å². The average molecular weight is 280 g/mol. The predicted octanol–water partition coefficient (Wildman–Crippen LogP) is 1.94. The maximum absolute atomic E-state index is 12.1. The van der Waals surface area contributed by atoms with Gasteiger partial charge in [-0.2, -0.15) is 5.10 Å². The molecule has 2 heterocycles. The van der Waals surface area contributed by atoms with Gasteiger partial charge >= 0.3 is 0 Å². The van der Waals surface area contributed by atoms with Gasteiger partial charge in [0.05, 0.1) is 17.1 Å². The van der Waals surface area contributed by atoms with E-state index in [0.29, 0.717) is 6.42 Å². The Kier molecular flexibility index (Phi) is 3.17. The molecule has 0 radical (unpaired) electrons. The number of hydrogen-bond donors (Lipinski definition) is 2. The van der Waals surface area contributed by atoms with Gasteiger partial charge in [0.1, 0.15) is 0 Å². The van der Waals surface area contributed by atoms with Crippen molar-refractivity contribution in [3.63, 3.8) is 0 Å². The zero-order valence-electron chi connectivity index (χ0n) is 11.7. The molecule has 0 saturated heterocycles. The number of fused-ring (bicyclic) bond motifs is 1. The van der Waals surface area contributed by atoms with E-state index >= 15 is 0 Å². The summed E-state index contributed by atoms with van der Waals surface area (Å²) in [7, 11) is 0. The van der Waals surface area contributed by atoms with Gasteiger partial charge in [-0.25, -0.2) is 0 Å². The van der Waals surface area contributed by atoms with E-state index < -0.39 is 5.41 Å². The fourth-order valence-electron chi connectivity index (χ4n) is 2.53. The van der Waals surface area contributed by atoms with Crippen LogP contribution in [0.15, 0.2) is 48.9 Å². The second-order valence-electron chi connectivity index (χ2n) is 5.41. The molecular formula is C16H16N4O. The standard InChI is InChI=1S/C16H16N4O/c1-16(15(17)21,8-11-3-2-6-18-9-11)13-4-5-14-12(7-13)10-19-20-14/h2-7,9-10H,8H2,1H3,(H2,17,21)(H,19,20). The highest BCUT2D eigenvalue weighted by atomic mass is 16.1. The van der Waals surface area contributed by atoms with Gasteiger partial charge in [0.25, 0.3) is 0 Å². The number of H-pyrrole nitrogens is 1. The molecule has 0 bridgehead atoms. The topological polar surface area (TPSA) is 84.7 Å². The van der Waals surface area contributed by atoms with E-state index in [1.807, 2.05) is 37.3 Å². The molecule has 3 aromatic rings. The van der Waals surface area contributed by atoms with Crippen LogP contribution in [0.3, 0.4) is 0 Å². The third kappa shape index (κ3) is 2.38. The number of benzene rings is 1. The van der Waals surface area contributed by atoms with Crippen LogP contribution in [-0.2, 0) is 16.6 Å². The van der Waals surface area contributed by atoms with Crippen LogP contribution in [0.25, 0.3) is 10.9 Å². The SMILES string of the molecule is CC(Cc1cccnc1)(C(N)=O)c1ccc2[nH]ncc2c1. The highest BCUT2D eigenvalue weighted by Gasteiger charge is 2.33. The smallest absolute Gasteiger partial charge is 0.228 e. The molecule has 3 rings (SSSR count). The predicted molar refractivity (Wildman–Crippen MR) is 80.6 cm³/mol. The van der Waals surface area contributed by atoms with E-state index in [2.05, 4.69) is 15.2 Å². The lowest BCUT2D eigenvalue weighted by molar-refractivity contribution is -0.123. The van der Waals surface area contributed by atoms with E-state index in [1.54, 1.807) is 18.6 Å². The first kappa shape index (κ1) is 13.3. The van der Waals surface area contributed by atoms with Gasteiger partial charge in [-0.15, -0.1) is 0 Å². The number of pyridine rings is 1. The molecule has 2 aromatic heterocycles. The second-order valence-corrected chi connectivity index (χ2v) is 5.41. The minimum atomic E-state index is -0.783. The van der Waals surface area contributed by atoms with Crippen LogP contribution in [0.1, 0.15) is 18.1 Å². The number of primary amides is 1. The number of hydrogen-bond acceptors (Lipinski definition) is 3. The molecular weight excluding hydrogens is 264 g/mol. The largest absolute Gasteiger partial charge is 0.369 e. The van der Waals surface area contributed by atoms with Crippen LogP contribution in [-0.4, -0.2) is 21.1 Å². The van der Waals surface area contributed by atoms with Gasteiger partial charge in [0.2, 0.25) is 5.91 Å². The minimum absolute atomic E-state index is 0.353. The van der Waals surface area contributed by atoms with Gasteiger partial charge in [0, 0.05) is 17.8 Å². The zero-order valence-corrected chi connectivity index (χ0v) is 11.7. The van der Waals surface area contributed by atoms with Crippen LogP contribution >= 0.6 is 0 Å². The lowest BCUT2D eigenvalue weighted by Crippen LogP contribution is -2.40. The first-order valence-corrected chi connectivity index (χ1v) is 6.72. The Hall–Kier alpha value is -2.69. The fraction of sp³-hybridized carbons (Fsp3) is 0.188. The number of carbonyl (C=O) groups excluding carboxylic acids is 1. The summed E-state index contributed by atoms with van der Waals surface area (Å²) in [4.78, 5) is 16.2. The first-order valence-electron chi connectivity index (χ1n) is 6.72. The Bertz CT molecular complexity index is 781. The molecule has 0 aliphatic carbocycles. The van der Waals surface area contributed by atoms with Crippen LogP contribution in [0.5, 0.6) is 0 Å². The normalized spacial score (nSPS) is 14.0. The molecule has 1 aromatic carbocycles. The van der Waals surface area contributed by atoms with Crippen molar-refractivity contribution in [2.75, 3.05) is 0 Å². The van der Waals surface area contributed by atoms with Crippen molar-refractivity contribution < 1.29 is 4.79 Å². The molecule has 0 saturated carbocycles. The molecule has 1 atom stereocenters. The maximum atomic E-state index is 12.1. The Morgan fingerprint density at radius 1 is 1.33 bits per heavy atom. The zero-order chi connectivity index (χ0) is 14.9. The molecule has 1 amide bonds. The molecule has 0 spiro atoms. The minimum Gasteiger partial charge on any atom is -0.369 e. The molecule has 5 nitrogen and oxygen atoms in total. The van der Waals surface area contributed by atoms with Gasteiger partial charge < -0.3 is 5.73 Å². The van der Waals surface area contributed by atoms with Gasteiger partial charge in [-0.05, 0) is 42.7 Å². The molecule has 5 heteroatoms. The third-order valence-corrected chi connectivity index (χ3v) is 3.90. The molecule has 0 aliphatic rings. The summed E-state index contributed by atoms with van der Waals surface area (Å²) in [6.07, 6.45) is 5.73. The van der Waals surface area contributed by atoms with Crippen LogP contribution in [0.4, 0.5) is 0 Å². The quantitative estimate of drug-likeness (QED) is 0.766. The van der Waals surface area contributed by atoms with Gasteiger partial charge in [-0.3, -0.25) is 14.9 Å². The van der Waals surface area contributed by atoms with E-state index in [-0.39, 0.29) is 5.91 Å². The van der Waals surface area contributed by atoms with Crippen molar-refractivity contribution in [3.8, 4) is 0 Å². The van der Waals surface area contributed by atoms with Crippen LogP contribution in [0, 0.1) is 0 Å². The molecule has 3 N–H and O–H groups in total. The Morgan fingerprint density at radius 3 is 2.90 bits per heavy atom. The Morgan fingerprint density at radius 2 is 2.19 bits per heavy atom. The maximum Gasteiger partial charge on any atom is 0.228 e. The van der Waals surface area contributed by atoms with E-state index in [0.717, 1.165) is 22.0 Å². The number of aromatic nitrogens is 3. The van der Waals surface area contributed by atoms with E-state index in [4.69, 9.17) is 5.73 Å². The third-order valence-electron chi connectivity index (χ3n) is 3.90. The number of nitrogens with two attached hydrogens (primary N) is 1. The molecule has 106 valence electrons. The summed E-state index contributed by atoms with van der Waals surface area (Å²) < 4.78 is 0. The van der Waals surface area contributed by atoms with Crippen LogP contribution < -0.4 is 5.73 Å². The molecule has 1 unspecified atom stereocenters. The van der Waals surface area contributed by atoms with Gasteiger partial charge in [-0.1, -0.05) is 12.1 Å². The van der Waals surface area contributed by atoms with Crippen molar-refractivity contribution in [2.45, 2.75) is 18.8 Å². The van der Waals surface area contributed by atoms with Gasteiger partial charge in [0.15, 0.2) is 0 Å². The number of aromatic amines is 1. The average Bonchev–Trinajstić information content (AvgIpc) is 2.95. The fourth-order valence-corrected chi connectivity index (χ4v) is 2.53. The van der Waals surface area contributed by atoms with E-state index in [9.17, 15) is 4.79 Å². The lowest BCUT2D eigenvalue weighted by Gasteiger charge is -2.26. The lowest BCUT2D eigenvalue weighted by atomic mass is 9.76. The number of nitrogens with one attached hydrogen (secondary N) is 1.